The molecule has 18 heavy (non-hydrogen) atoms. The van der Waals surface area contributed by atoms with E-state index in [1.807, 2.05) is 44.2 Å². The van der Waals surface area contributed by atoms with Gasteiger partial charge in [-0.2, -0.15) is 0 Å². The van der Waals surface area contributed by atoms with Gasteiger partial charge in [0.25, 0.3) is 0 Å². The van der Waals surface area contributed by atoms with E-state index in [0.29, 0.717) is 26.0 Å². The third-order valence-corrected chi connectivity index (χ3v) is 3.11. The zero-order valence-corrected chi connectivity index (χ0v) is 11.1. The SMILES string of the molecule is CCC(N)(CC)C(=O)NCCOc1ccccc1. The number of benzene rings is 1. The van der Waals surface area contributed by atoms with Gasteiger partial charge in [0.05, 0.1) is 12.1 Å². The highest BCUT2D eigenvalue weighted by molar-refractivity contribution is 5.85. The summed E-state index contributed by atoms with van der Waals surface area (Å²) in [6.45, 7) is 4.75. The summed E-state index contributed by atoms with van der Waals surface area (Å²) in [5, 5.41) is 2.81. The number of hydrogen-bond acceptors (Lipinski definition) is 3. The van der Waals surface area contributed by atoms with Crippen LogP contribution in [0.4, 0.5) is 0 Å². The Bertz CT molecular complexity index is 361. The highest BCUT2D eigenvalue weighted by Gasteiger charge is 2.29. The van der Waals surface area contributed by atoms with Gasteiger partial charge in [0.2, 0.25) is 5.91 Å². The monoisotopic (exact) mass is 250 g/mol. The molecule has 0 aliphatic heterocycles. The van der Waals surface area contributed by atoms with Gasteiger partial charge in [0.15, 0.2) is 0 Å². The molecule has 3 N–H and O–H groups in total. The van der Waals surface area contributed by atoms with Crippen molar-refractivity contribution in [3.63, 3.8) is 0 Å². The average Bonchev–Trinajstić information content (AvgIpc) is 2.43. The predicted molar refractivity (Wildman–Crippen MR) is 72.4 cm³/mol. The summed E-state index contributed by atoms with van der Waals surface area (Å²) >= 11 is 0. The number of carbonyl (C=O) groups is 1. The van der Waals surface area contributed by atoms with E-state index in [1.54, 1.807) is 0 Å². The molecule has 1 aromatic rings. The molecule has 1 amide bonds. The second-order valence-corrected chi connectivity index (χ2v) is 4.28. The van der Waals surface area contributed by atoms with Crippen molar-refractivity contribution in [2.24, 2.45) is 5.73 Å². The van der Waals surface area contributed by atoms with Gasteiger partial charge in [-0.25, -0.2) is 0 Å². The Morgan fingerprint density at radius 3 is 2.44 bits per heavy atom. The number of nitrogens with one attached hydrogen (secondary N) is 1. The molecule has 100 valence electrons. The van der Waals surface area contributed by atoms with E-state index < -0.39 is 5.54 Å². The Balaban J connectivity index is 2.28. The van der Waals surface area contributed by atoms with Crippen LogP contribution in [0.1, 0.15) is 26.7 Å². The standard InChI is InChI=1S/C14H22N2O2/c1-3-14(15,4-2)13(17)16-10-11-18-12-8-6-5-7-9-12/h5-9H,3-4,10-11,15H2,1-2H3,(H,16,17). The van der Waals surface area contributed by atoms with Crippen LogP contribution in [0.15, 0.2) is 30.3 Å². The molecule has 0 aliphatic carbocycles. The van der Waals surface area contributed by atoms with E-state index >= 15 is 0 Å². The highest BCUT2D eigenvalue weighted by atomic mass is 16.5. The lowest BCUT2D eigenvalue weighted by Gasteiger charge is -2.25. The largest absolute Gasteiger partial charge is 0.492 e. The molecule has 4 nitrogen and oxygen atoms in total. The summed E-state index contributed by atoms with van der Waals surface area (Å²) in [7, 11) is 0. The molecule has 1 aromatic carbocycles. The van der Waals surface area contributed by atoms with Crippen molar-refractivity contribution in [2.75, 3.05) is 13.2 Å². The van der Waals surface area contributed by atoms with Gasteiger partial charge in [-0.05, 0) is 25.0 Å². The number of nitrogens with two attached hydrogens (primary N) is 1. The van der Waals surface area contributed by atoms with E-state index in [0.717, 1.165) is 5.75 Å². The fourth-order valence-electron chi connectivity index (χ4n) is 1.60. The van der Waals surface area contributed by atoms with Crippen molar-refractivity contribution in [2.45, 2.75) is 32.2 Å². The second kappa shape index (κ2) is 7.01. The molecule has 0 radical (unpaired) electrons. The molecule has 0 unspecified atom stereocenters. The maximum atomic E-state index is 11.8. The van der Waals surface area contributed by atoms with E-state index in [4.69, 9.17) is 10.5 Å². The van der Waals surface area contributed by atoms with E-state index in [-0.39, 0.29) is 5.91 Å². The van der Waals surface area contributed by atoms with Crippen molar-refractivity contribution in [3.05, 3.63) is 30.3 Å². The first-order valence-electron chi connectivity index (χ1n) is 6.37. The molecule has 0 saturated heterocycles. The number of hydrogen-bond donors (Lipinski definition) is 2. The molecule has 0 aromatic heterocycles. The zero-order chi connectivity index (χ0) is 13.4. The number of rotatable bonds is 7. The van der Waals surface area contributed by atoms with Crippen molar-refractivity contribution in [3.8, 4) is 5.75 Å². The molecule has 4 heteroatoms. The highest BCUT2D eigenvalue weighted by Crippen LogP contribution is 2.11. The van der Waals surface area contributed by atoms with Gasteiger partial charge in [0.1, 0.15) is 12.4 Å². The van der Waals surface area contributed by atoms with Gasteiger partial charge in [-0.1, -0.05) is 32.0 Å². The molecule has 0 spiro atoms. The Kier molecular flexibility index (Phi) is 5.65. The van der Waals surface area contributed by atoms with Crippen molar-refractivity contribution in [1.82, 2.24) is 5.32 Å². The number of ether oxygens (including phenoxy) is 1. The van der Waals surface area contributed by atoms with Crippen molar-refractivity contribution in [1.29, 1.82) is 0 Å². The number of carbonyl (C=O) groups excluding carboxylic acids is 1. The van der Waals surface area contributed by atoms with Gasteiger partial charge < -0.3 is 15.8 Å². The molecule has 0 atom stereocenters. The Morgan fingerprint density at radius 1 is 1.28 bits per heavy atom. The van der Waals surface area contributed by atoms with Crippen LogP contribution >= 0.6 is 0 Å². The van der Waals surface area contributed by atoms with Crippen molar-refractivity contribution >= 4 is 5.91 Å². The van der Waals surface area contributed by atoms with Crippen LogP contribution in [0.5, 0.6) is 5.75 Å². The topological polar surface area (TPSA) is 64.4 Å². The molecule has 0 saturated carbocycles. The van der Waals surface area contributed by atoms with Gasteiger partial charge in [0, 0.05) is 0 Å². The van der Waals surface area contributed by atoms with Crippen LogP contribution in [-0.2, 0) is 4.79 Å². The number of amides is 1. The smallest absolute Gasteiger partial charge is 0.240 e. The summed E-state index contributed by atoms with van der Waals surface area (Å²) in [4.78, 5) is 11.8. The van der Waals surface area contributed by atoms with Gasteiger partial charge >= 0.3 is 0 Å². The van der Waals surface area contributed by atoms with Crippen LogP contribution in [-0.4, -0.2) is 24.6 Å². The fourth-order valence-corrected chi connectivity index (χ4v) is 1.60. The first-order valence-corrected chi connectivity index (χ1v) is 6.37. The van der Waals surface area contributed by atoms with Crippen molar-refractivity contribution < 1.29 is 9.53 Å². The quantitative estimate of drug-likeness (QED) is 0.724. The fraction of sp³-hybridized carbons (Fsp3) is 0.500. The lowest BCUT2D eigenvalue weighted by molar-refractivity contribution is -0.126. The minimum Gasteiger partial charge on any atom is -0.492 e. The summed E-state index contributed by atoms with van der Waals surface area (Å²) in [6.07, 6.45) is 1.27. The zero-order valence-electron chi connectivity index (χ0n) is 11.1. The molecule has 0 bridgehead atoms. The minimum absolute atomic E-state index is 0.107. The van der Waals surface area contributed by atoms with Crippen LogP contribution in [0.25, 0.3) is 0 Å². The predicted octanol–water partition coefficient (Wildman–Crippen LogP) is 1.70. The first kappa shape index (κ1) is 14.5. The lowest BCUT2D eigenvalue weighted by atomic mass is 9.93. The lowest BCUT2D eigenvalue weighted by Crippen LogP contribution is -2.53. The summed E-state index contributed by atoms with van der Waals surface area (Å²) in [5.74, 6) is 0.695. The third-order valence-electron chi connectivity index (χ3n) is 3.11. The molecule has 0 heterocycles. The normalized spacial score (nSPS) is 11.1. The first-order chi connectivity index (χ1) is 8.62. The van der Waals surface area contributed by atoms with Gasteiger partial charge in [-0.15, -0.1) is 0 Å². The third kappa shape index (κ3) is 4.04. The Hall–Kier alpha value is -1.55. The molecular weight excluding hydrogens is 228 g/mol. The van der Waals surface area contributed by atoms with Crippen LogP contribution < -0.4 is 15.8 Å². The van der Waals surface area contributed by atoms with E-state index in [2.05, 4.69) is 5.32 Å². The van der Waals surface area contributed by atoms with E-state index in [1.165, 1.54) is 0 Å². The minimum atomic E-state index is -0.757. The van der Waals surface area contributed by atoms with Crippen LogP contribution in [0.3, 0.4) is 0 Å². The van der Waals surface area contributed by atoms with Crippen LogP contribution in [0.2, 0.25) is 0 Å². The molecule has 0 aliphatic rings. The molecular formula is C14H22N2O2. The summed E-state index contributed by atoms with van der Waals surface area (Å²) in [5.41, 5.74) is 5.22. The number of para-hydroxylation sites is 1. The molecule has 1 rings (SSSR count). The van der Waals surface area contributed by atoms with E-state index in [9.17, 15) is 4.79 Å². The Labute approximate surface area is 109 Å². The maximum Gasteiger partial charge on any atom is 0.240 e. The second-order valence-electron chi connectivity index (χ2n) is 4.28. The van der Waals surface area contributed by atoms with Crippen LogP contribution in [0, 0.1) is 0 Å². The Morgan fingerprint density at radius 2 is 1.89 bits per heavy atom. The average molecular weight is 250 g/mol. The maximum absolute atomic E-state index is 11.8. The summed E-state index contributed by atoms with van der Waals surface area (Å²) < 4.78 is 5.48. The molecule has 0 fully saturated rings. The van der Waals surface area contributed by atoms with Gasteiger partial charge in [-0.3, -0.25) is 4.79 Å². The summed E-state index contributed by atoms with van der Waals surface area (Å²) in [6, 6.07) is 9.51.